The van der Waals surface area contributed by atoms with Crippen LogP contribution in [0.2, 0.25) is 0 Å². The van der Waals surface area contributed by atoms with Crippen molar-refractivity contribution in [1.82, 2.24) is 14.1 Å². The Morgan fingerprint density at radius 2 is 0.958 bits per heavy atom. The van der Waals surface area contributed by atoms with Gasteiger partial charge in [-0.1, -0.05) is 298 Å². The highest BCUT2D eigenvalue weighted by Gasteiger charge is 2.43. The molecule has 0 atom stereocenters. The largest absolute Gasteiger partial charge is 0.458 e. The van der Waals surface area contributed by atoms with Gasteiger partial charge in [-0.15, -0.1) is 0 Å². The van der Waals surface area contributed by atoms with Gasteiger partial charge in [-0.2, -0.15) is 0 Å². The molecule has 0 saturated carbocycles. The van der Waals surface area contributed by atoms with Gasteiger partial charge in [-0.25, -0.2) is 4.98 Å². The Balaban J connectivity index is 1.12. The number of aromatic nitrogens is 4. The lowest BCUT2D eigenvalue weighted by atomic mass is 9.78. The molecule has 0 fully saturated rings. The van der Waals surface area contributed by atoms with Crippen LogP contribution >= 0.6 is 0 Å². The van der Waals surface area contributed by atoms with Crippen LogP contribution in [-0.4, -0.2) is 22.2 Å². The molecule has 15 aromatic rings. The van der Waals surface area contributed by atoms with Crippen LogP contribution in [0.3, 0.4) is 0 Å². The smallest absolute Gasteiger partial charge is 0.269 e. The summed E-state index contributed by atoms with van der Waals surface area (Å²) in [5, 5.41) is -0.415. The van der Waals surface area contributed by atoms with Crippen molar-refractivity contribution in [3.8, 4) is 84.3 Å². The molecule has 96 heavy (non-hydrogen) atoms. The van der Waals surface area contributed by atoms with E-state index in [-0.39, 0.29) is 32.8 Å². The summed E-state index contributed by atoms with van der Waals surface area (Å²) in [5.41, 5.74) is 8.79. The maximum Gasteiger partial charge on any atom is 0.269 e. The molecule has 0 N–H and O–H groups in total. The second kappa shape index (κ2) is 23.2. The summed E-state index contributed by atoms with van der Waals surface area (Å²) in [6.07, 6.45) is 5.65. The summed E-state index contributed by atoms with van der Waals surface area (Å²) in [5.74, 6) is 1.44. The van der Waals surface area contributed by atoms with Gasteiger partial charge in [-0.3, -0.25) is 13.7 Å². The second-order valence-corrected chi connectivity index (χ2v) is 31.0. The Morgan fingerprint density at radius 3 is 1.61 bits per heavy atom. The van der Waals surface area contributed by atoms with Crippen LogP contribution < -0.4 is 30.1 Å². The monoisotopic (exact) mass is 1280 g/mol. The van der Waals surface area contributed by atoms with Crippen LogP contribution in [0.1, 0.15) is 106 Å². The number of benzene rings is 12. The van der Waals surface area contributed by atoms with Gasteiger partial charge in [0.1, 0.15) is 17.3 Å². The highest BCUT2D eigenvalue weighted by molar-refractivity contribution is 7.20. The minimum absolute atomic E-state index is 0.141. The fourth-order valence-electron chi connectivity index (χ4n) is 13.7. The Kier molecular flexibility index (Phi) is 10.1. The number of para-hydroxylation sites is 2. The van der Waals surface area contributed by atoms with Crippen molar-refractivity contribution in [2.45, 2.75) is 78.6 Å². The van der Waals surface area contributed by atoms with Crippen molar-refractivity contribution in [2.24, 2.45) is 0 Å². The van der Waals surface area contributed by atoms with Crippen LogP contribution in [0.15, 0.2) is 297 Å². The zero-order chi connectivity index (χ0) is 83.1. The van der Waals surface area contributed by atoms with Gasteiger partial charge in [0.15, 0.2) is 8.07 Å². The SMILES string of the molecule is [2H]c1c([2H])c([2H])c(-c2cccc3c2-c2ccccc2-c2cc([Si](c4c([2H])c([2H])c([2H])c([2H])c4[2H])(c4c([2H])c([2H])c([2H])c([2H])c4[2H])c4c([2H])c([2H])c([2H])c([2H])c4[2H])cc4c2[n+]([c-]n4-c2cccc(Oc4ccc5c6ccccc6n(-c6cc(C(C)(C)C)ccn6)c5c4)c2)-c2c(-c4cc(C(C)(C)C)cc(C(C)(C)C)c4)cccc2-3)c([2H])c1[2H]. The van der Waals surface area contributed by atoms with Crippen molar-refractivity contribution in [1.29, 1.82) is 0 Å². The summed E-state index contributed by atoms with van der Waals surface area (Å²) in [6, 6.07) is 36.2. The molecule has 4 heterocycles. The molecule has 0 saturated heterocycles. The third kappa shape index (κ3) is 10.2. The van der Waals surface area contributed by atoms with E-state index in [9.17, 15) is 19.2 Å². The van der Waals surface area contributed by atoms with Gasteiger partial charge in [0.2, 0.25) is 0 Å². The van der Waals surface area contributed by atoms with Gasteiger partial charge in [0.05, 0.1) is 60.9 Å². The van der Waals surface area contributed by atoms with E-state index in [0.29, 0.717) is 67.6 Å². The van der Waals surface area contributed by atoms with E-state index in [1.165, 1.54) is 0 Å². The lowest BCUT2D eigenvalue weighted by Crippen LogP contribution is -2.74. The molecule has 466 valence electrons. The predicted octanol–water partition coefficient (Wildman–Crippen LogP) is 19.9. The van der Waals surface area contributed by atoms with Crippen LogP contribution in [0.25, 0.3) is 106 Å². The van der Waals surface area contributed by atoms with Crippen LogP contribution in [-0.2, 0) is 16.2 Å². The second-order valence-electron chi connectivity index (χ2n) is 27.5. The van der Waals surface area contributed by atoms with Gasteiger partial charge in [-0.05, 0) is 158 Å². The Bertz CT molecular complexity index is 6470. The first-order chi connectivity index (χ1) is 54.8. The summed E-state index contributed by atoms with van der Waals surface area (Å²) >= 11 is 0. The molecule has 0 unspecified atom stereocenters. The molecular weight excluding hydrogens is 1180 g/mol. The van der Waals surface area contributed by atoms with Crippen LogP contribution in [0.5, 0.6) is 11.5 Å². The molecule has 0 amide bonds. The molecule has 1 aliphatic rings. The summed E-state index contributed by atoms with van der Waals surface area (Å²) < 4.78 is 206. The summed E-state index contributed by atoms with van der Waals surface area (Å²) in [6.45, 7) is 19.2. The lowest BCUT2D eigenvalue weighted by molar-refractivity contribution is -0.570. The molecule has 1 aliphatic heterocycles. The summed E-state index contributed by atoms with van der Waals surface area (Å²) in [7, 11) is -6.01. The van der Waals surface area contributed by atoms with Gasteiger partial charge < -0.3 is 4.74 Å². The molecule has 16 rings (SSSR count). The van der Waals surface area contributed by atoms with Crippen molar-refractivity contribution < 1.29 is 36.7 Å². The highest BCUT2D eigenvalue weighted by atomic mass is 28.3. The number of nitrogens with zero attached hydrogens (tertiary/aromatic N) is 4. The Hall–Kier alpha value is -10.9. The first kappa shape index (κ1) is 41.7. The number of hydrogen-bond acceptors (Lipinski definition) is 2. The maximum absolute atomic E-state index is 10.3. The van der Waals surface area contributed by atoms with E-state index in [4.69, 9.17) is 17.9 Å². The number of rotatable bonds is 10. The molecule has 5 nitrogen and oxygen atoms in total. The maximum atomic E-state index is 10.3. The van der Waals surface area contributed by atoms with Crippen LogP contribution in [0, 0.1) is 6.33 Å². The van der Waals surface area contributed by atoms with Crippen molar-refractivity contribution >= 4 is 61.7 Å². The molecule has 0 spiro atoms. The standard InChI is InChI=1S/C90H76N4OSi/c1-88(2,3)62-49-50-91-84(54-62)94-81-46-25-24-40-75(81)76-48-47-67(56-82(76)94)95-66-32-26-31-65(55-66)92-59-93-86-73(61-51-63(89(4,5)6)53-64(52-61)90(7,8)9)43-28-45-79(86)78-44-27-42-72(60-29-14-10-15-30-60)85(78)77-41-23-22-39-74(77)80-57-71(58-83(92)87(80)93)96(68-33-16-11-17-34-68,69-35-18-12-19-36-69)70-37-20-13-21-38-70/h10-58H,1-9H3/i10D,11D,12D,13D,14D,15D,16D,17D,18D,19D,20D,21D,29D,30D,33D,34D,35D,36D,37D,38D. The van der Waals surface area contributed by atoms with E-state index < -0.39 is 155 Å². The molecule has 0 radical (unpaired) electrons. The number of imidazole rings is 1. The topological polar surface area (TPSA) is 35.9 Å². The van der Waals surface area contributed by atoms with Gasteiger partial charge in [0.25, 0.3) is 6.33 Å². The third-order valence-corrected chi connectivity index (χ3v) is 22.6. The first-order valence-corrected chi connectivity index (χ1v) is 33.9. The fraction of sp³-hybridized carbons (Fsp3) is 0.133. The average molecular weight is 1280 g/mol. The Morgan fingerprint density at radius 1 is 0.406 bits per heavy atom. The molecule has 6 heteroatoms. The van der Waals surface area contributed by atoms with Crippen molar-refractivity contribution in [3.05, 3.63) is 320 Å². The molecule has 0 aliphatic carbocycles. The molecule has 0 bridgehead atoms. The van der Waals surface area contributed by atoms with E-state index in [0.717, 1.165) is 44.1 Å². The first-order valence-electron chi connectivity index (χ1n) is 41.9. The van der Waals surface area contributed by atoms with Gasteiger partial charge in [0, 0.05) is 23.0 Å². The van der Waals surface area contributed by atoms with Crippen molar-refractivity contribution in [3.63, 3.8) is 0 Å². The number of pyridine rings is 1. The highest BCUT2D eigenvalue weighted by Crippen LogP contribution is 2.49. The molecule has 12 aromatic carbocycles. The van der Waals surface area contributed by atoms with E-state index in [2.05, 4.69) is 104 Å². The fourth-order valence-corrected chi connectivity index (χ4v) is 17.5. The minimum atomic E-state index is -6.01. The average Bonchev–Trinajstić information content (AvgIpc) is 0.973. The number of ether oxygens (including phenoxy) is 1. The Labute approximate surface area is 593 Å². The quantitative estimate of drug-likeness (QED) is 0.0592. The number of fused-ring (bicyclic) bond motifs is 10. The molecule has 3 aromatic heterocycles. The zero-order valence-corrected chi connectivity index (χ0v) is 55.4. The summed E-state index contributed by atoms with van der Waals surface area (Å²) in [4.78, 5) is 4.92. The number of hydrogen-bond donors (Lipinski definition) is 0. The minimum Gasteiger partial charge on any atom is -0.458 e. The zero-order valence-electron chi connectivity index (χ0n) is 74.4. The van der Waals surface area contributed by atoms with Gasteiger partial charge >= 0.3 is 0 Å². The molecular formula is C90H76N4OSi. The third-order valence-electron chi connectivity index (χ3n) is 18.5. The van der Waals surface area contributed by atoms with E-state index in [1.54, 1.807) is 77.4 Å². The lowest BCUT2D eigenvalue weighted by Gasteiger charge is -2.35. The normalized spacial score (nSPS) is 15.3. The predicted molar refractivity (Wildman–Crippen MR) is 403 cm³/mol. The van der Waals surface area contributed by atoms with E-state index >= 15 is 0 Å². The van der Waals surface area contributed by atoms with Crippen LogP contribution in [0.4, 0.5) is 0 Å². The van der Waals surface area contributed by atoms with E-state index in [1.807, 2.05) is 77.5 Å². The van der Waals surface area contributed by atoms with Crippen molar-refractivity contribution in [2.75, 3.05) is 0 Å².